The first-order valence-corrected chi connectivity index (χ1v) is 5.54. The predicted octanol–water partition coefficient (Wildman–Crippen LogP) is -0.263. The Kier molecular flexibility index (Phi) is 1.35. The molecule has 2 aliphatic rings. The Morgan fingerprint density at radius 2 is 2.25 bits per heavy atom. The number of methoxy groups -OCH3 is 1. The summed E-state index contributed by atoms with van der Waals surface area (Å²) in [4.78, 5) is 11.2. The quantitative estimate of drug-likeness (QED) is 0.534. The molecule has 1 heterocycles. The molecule has 0 aromatic rings. The molecule has 0 spiro atoms. The number of hydrogen-bond donors (Lipinski definition) is 0. The second kappa shape index (κ2) is 2.02. The van der Waals surface area contributed by atoms with Crippen LogP contribution in [0.25, 0.3) is 0 Å². The second-order valence-corrected chi connectivity index (χ2v) is 5.67. The first-order chi connectivity index (χ1) is 5.53. The van der Waals surface area contributed by atoms with Gasteiger partial charge in [0, 0.05) is 0 Å². The first kappa shape index (κ1) is 8.04. The van der Waals surface area contributed by atoms with Gasteiger partial charge < -0.3 is 4.74 Å². The fourth-order valence-electron chi connectivity index (χ4n) is 2.15. The van der Waals surface area contributed by atoms with Gasteiger partial charge in [-0.1, -0.05) is 0 Å². The highest BCUT2D eigenvalue weighted by atomic mass is 32.2. The minimum absolute atomic E-state index is 0.00264. The Hall–Kier alpha value is -0.580. The third kappa shape index (κ3) is 0.676. The highest BCUT2D eigenvalue weighted by Gasteiger charge is 2.69. The Morgan fingerprint density at radius 1 is 1.58 bits per heavy atom. The first-order valence-electron chi connectivity index (χ1n) is 3.83. The van der Waals surface area contributed by atoms with Crippen LogP contribution < -0.4 is 0 Å². The third-order valence-corrected chi connectivity index (χ3v) is 5.42. The van der Waals surface area contributed by atoms with Gasteiger partial charge in [-0.3, -0.25) is 4.79 Å². The summed E-state index contributed by atoms with van der Waals surface area (Å²) in [5.41, 5.74) is -0.645. The van der Waals surface area contributed by atoms with E-state index >= 15 is 0 Å². The van der Waals surface area contributed by atoms with Crippen LogP contribution in [0.15, 0.2) is 0 Å². The number of hydrogen-bond acceptors (Lipinski definition) is 4. The fraction of sp³-hybridized carbons (Fsp3) is 0.857. The van der Waals surface area contributed by atoms with E-state index in [9.17, 15) is 13.2 Å². The monoisotopic (exact) mass is 190 g/mol. The molecule has 2 fully saturated rings. The third-order valence-electron chi connectivity index (χ3n) is 2.95. The van der Waals surface area contributed by atoms with Gasteiger partial charge in [0.25, 0.3) is 0 Å². The predicted molar refractivity (Wildman–Crippen MR) is 41.3 cm³/mol. The topological polar surface area (TPSA) is 60.4 Å². The van der Waals surface area contributed by atoms with Crippen LogP contribution in [-0.2, 0) is 19.4 Å². The Morgan fingerprint density at radius 3 is 2.50 bits per heavy atom. The number of esters is 1. The molecular formula is C7H10O4S. The number of ether oxygens (including phenoxy) is 1. The van der Waals surface area contributed by atoms with E-state index in [2.05, 4.69) is 4.74 Å². The van der Waals surface area contributed by atoms with Crippen molar-refractivity contribution in [3.8, 4) is 0 Å². The van der Waals surface area contributed by atoms with Crippen molar-refractivity contribution >= 4 is 15.8 Å². The van der Waals surface area contributed by atoms with Crippen molar-refractivity contribution in [3.63, 3.8) is 0 Å². The van der Waals surface area contributed by atoms with Crippen molar-refractivity contribution in [2.75, 3.05) is 12.9 Å². The standard InChI is InChI=1S/C7H10O4S/c1-11-6(8)7-3-2-5(7)12(9,10)4-7/h5H,2-4H2,1H3. The van der Waals surface area contributed by atoms with Gasteiger partial charge >= 0.3 is 5.97 Å². The smallest absolute Gasteiger partial charge is 0.314 e. The van der Waals surface area contributed by atoms with Crippen LogP contribution in [0.3, 0.4) is 0 Å². The van der Waals surface area contributed by atoms with Crippen LogP contribution in [0.4, 0.5) is 0 Å². The lowest BCUT2D eigenvalue weighted by Crippen LogP contribution is -2.68. The van der Waals surface area contributed by atoms with E-state index in [-0.39, 0.29) is 11.7 Å². The summed E-state index contributed by atoms with van der Waals surface area (Å²) in [7, 11) is -1.63. The molecule has 0 bridgehead atoms. The molecule has 2 atom stereocenters. The van der Waals surface area contributed by atoms with Crippen molar-refractivity contribution in [3.05, 3.63) is 0 Å². The van der Waals surface area contributed by atoms with Crippen LogP contribution in [-0.4, -0.2) is 32.5 Å². The molecule has 0 amide bonds. The average molecular weight is 190 g/mol. The second-order valence-electron chi connectivity index (χ2n) is 3.48. The molecule has 5 heteroatoms. The van der Waals surface area contributed by atoms with E-state index in [1.54, 1.807) is 0 Å². The molecule has 1 aliphatic carbocycles. The Balaban J connectivity index is 2.25. The molecule has 0 aromatic carbocycles. The number of carbonyl (C=O) groups is 1. The lowest BCUT2D eigenvalue weighted by atomic mass is 9.68. The molecule has 1 aliphatic heterocycles. The Labute approximate surface area is 70.8 Å². The molecule has 0 radical (unpaired) electrons. The lowest BCUT2D eigenvalue weighted by Gasteiger charge is -2.54. The van der Waals surface area contributed by atoms with Gasteiger partial charge in [0.1, 0.15) is 0 Å². The average Bonchev–Trinajstić information content (AvgIpc) is 1.96. The van der Waals surface area contributed by atoms with Crippen LogP contribution in [0, 0.1) is 5.41 Å². The van der Waals surface area contributed by atoms with Gasteiger partial charge in [-0.15, -0.1) is 0 Å². The number of sulfone groups is 1. The summed E-state index contributed by atoms with van der Waals surface area (Å²) in [6.07, 6.45) is 1.29. The van der Waals surface area contributed by atoms with E-state index in [0.717, 1.165) is 0 Å². The van der Waals surface area contributed by atoms with Crippen molar-refractivity contribution in [1.29, 1.82) is 0 Å². The molecule has 2 rings (SSSR count). The van der Waals surface area contributed by atoms with E-state index in [1.807, 2.05) is 0 Å². The molecule has 12 heavy (non-hydrogen) atoms. The maximum absolute atomic E-state index is 11.2. The zero-order chi connectivity index (χ0) is 8.98. The molecule has 1 saturated heterocycles. The van der Waals surface area contributed by atoms with Crippen LogP contribution >= 0.6 is 0 Å². The van der Waals surface area contributed by atoms with Crippen molar-refractivity contribution in [2.24, 2.45) is 5.41 Å². The molecule has 1 saturated carbocycles. The summed E-state index contributed by atoms with van der Waals surface area (Å²) in [6, 6.07) is 0. The SMILES string of the molecule is COC(=O)C12CCC1S(=O)(=O)C2. The van der Waals surface area contributed by atoms with Gasteiger partial charge in [0.2, 0.25) is 0 Å². The zero-order valence-corrected chi connectivity index (χ0v) is 7.56. The summed E-state index contributed by atoms with van der Waals surface area (Å²) in [5.74, 6) is -0.356. The van der Waals surface area contributed by atoms with Gasteiger partial charge in [-0.05, 0) is 12.8 Å². The normalized spacial score (nSPS) is 41.9. The van der Waals surface area contributed by atoms with Crippen LogP contribution in [0.5, 0.6) is 0 Å². The summed E-state index contributed by atoms with van der Waals surface area (Å²) >= 11 is 0. The fourth-order valence-corrected chi connectivity index (χ4v) is 4.70. The number of fused-ring (bicyclic) bond motifs is 1. The van der Waals surface area contributed by atoms with Gasteiger partial charge in [0.15, 0.2) is 9.84 Å². The molecule has 0 N–H and O–H groups in total. The summed E-state index contributed by atoms with van der Waals surface area (Å²) < 4.78 is 26.8. The Bertz CT molecular complexity index is 331. The van der Waals surface area contributed by atoms with Crippen molar-refractivity contribution < 1.29 is 17.9 Å². The minimum atomic E-state index is -2.94. The maximum atomic E-state index is 11.2. The molecule has 68 valence electrons. The summed E-state index contributed by atoms with van der Waals surface area (Å²) in [6.45, 7) is 0. The van der Waals surface area contributed by atoms with E-state index in [4.69, 9.17) is 0 Å². The van der Waals surface area contributed by atoms with E-state index in [1.165, 1.54) is 7.11 Å². The number of rotatable bonds is 1. The molecule has 0 aromatic heterocycles. The van der Waals surface area contributed by atoms with Crippen LogP contribution in [0.1, 0.15) is 12.8 Å². The molecule has 2 unspecified atom stereocenters. The molecular weight excluding hydrogens is 180 g/mol. The maximum Gasteiger partial charge on any atom is 0.314 e. The van der Waals surface area contributed by atoms with E-state index in [0.29, 0.717) is 12.8 Å². The minimum Gasteiger partial charge on any atom is -0.469 e. The van der Waals surface area contributed by atoms with Gasteiger partial charge in [-0.25, -0.2) is 8.42 Å². The number of carbonyl (C=O) groups excluding carboxylic acids is 1. The highest BCUT2D eigenvalue weighted by Crippen LogP contribution is 2.55. The van der Waals surface area contributed by atoms with Crippen LogP contribution in [0.2, 0.25) is 0 Å². The van der Waals surface area contributed by atoms with Crippen molar-refractivity contribution in [2.45, 2.75) is 18.1 Å². The van der Waals surface area contributed by atoms with Crippen molar-refractivity contribution in [1.82, 2.24) is 0 Å². The van der Waals surface area contributed by atoms with Gasteiger partial charge in [0.05, 0.1) is 23.5 Å². The lowest BCUT2D eigenvalue weighted by molar-refractivity contribution is -0.157. The zero-order valence-electron chi connectivity index (χ0n) is 6.74. The van der Waals surface area contributed by atoms with E-state index < -0.39 is 20.5 Å². The highest BCUT2D eigenvalue weighted by molar-refractivity contribution is 7.93. The summed E-state index contributed by atoms with van der Waals surface area (Å²) in [5, 5.41) is -0.433. The molecule has 4 nitrogen and oxygen atoms in total. The van der Waals surface area contributed by atoms with Gasteiger partial charge in [-0.2, -0.15) is 0 Å². The largest absolute Gasteiger partial charge is 0.469 e.